The van der Waals surface area contributed by atoms with Crippen LogP contribution in [-0.2, 0) is 9.63 Å². The fourth-order valence-corrected chi connectivity index (χ4v) is 2.80. The van der Waals surface area contributed by atoms with Crippen molar-refractivity contribution >= 4 is 50.5 Å². The van der Waals surface area contributed by atoms with Crippen LogP contribution in [0.15, 0.2) is 45.3 Å². The third-order valence-corrected chi connectivity index (χ3v) is 4.17. The van der Waals surface area contributed by atoms with Gasteiger partial charge in [-0.25, -0.2) is 4.79 Å². The molecule has 0 N–H and O–H groups in total. The number of nitrogens with zero attached hydrogens (tertiary/aromatic N) is 1. The zero-order valence-electron chi connectivity index (χ0n) is 11.0. The summed E-state index contributed by atoms with van der Waals surface area (Å²) in [5.41, 5.74) is 0.639. The van der Waals surface area contributed by atoms with E-state index in [9.17, 15) is 4.79 Å². The van der Waals surface area contributed by atoms with Gasteiger partial charge in [-0.2, -0.15) is 0 Å². The molecule has 7 heteroatoms. The maximum absolute atomic E-state index is 11.6. The lowest BCUT2D eigenvalue weighted by Crippen LogP contribution is -2.13. The van der Waals surface area contributed by atoms with Gasteiger partial charge in [-0.1, -0.05) is 38.8 Å². The summed E-state index contributed by atoms with van der Waals surface area (Å²) in [5, 5.41) is 6.11. The van der Waals surface area contributed by atoms with Gasteiger partial charge in [0, 0.05) is 4.47 Å². The van der Waals surface area contributed by atoms with Crippen LogP contribution in [0.2, 0.25) is 5.02 Å². The summed E-state index contributed by atoms with van der Waals surface area (Å²) in [7, 11) is 0. The second-order valence-electron chi connectivity index (χ2n) is 3.98. The number of hydrogen-bond donors (Lipinski definition) is 0. The highest BCUT2D eigenvalue weighted by molar-refractivity contribution is 9.10. The van der Waals surface area contributed by atoms with Gasteiger partial charge in [-0.15, -0.1) is 11.3 Å². The fraction of sp³-hybridized carbons (Fsp3) is 0.143. The van der Waals surface area contributed by atoms with Gasteiger partial charge in [0.15, 0.2) is 6.61 Å². The molecule has 1 aromatic carbocycles. The van der Waals surface area contributed by atoms with Crippen LogP contribution < -0.4 is 4.74 Å². The molecule has 2 aromatic rings. The highest BCUT2D eigenvalue weighted by Gasteiger charge is 2.08. The molecule has 0 bridgehead atoms. The van der Waals surface area contributed by atoms with E-state index in [1.165, 1.54) is 11.3 Å². The lowest BCUT2D eigenvalue weighted by Gasteiger charge is -2.06. The molecular formula is C14H11BrClNO3S. The average Bonchev–Trinajstić information content (AvgIpc) is 2.98. The van der Waals surface area contributed by atoms with Crippen molar-refractivity contribution in [3.63, 3.8) is 0 Å². The SMILES string of the molecule is C/C(=N/OC(=O)COc1ccc(Br)cc1Cl)c1cccs1. The van der Waals surface area contributed by atoms with Crippen LogP contribution in [-0.4, -0.2) is 18.3 Å². The number of rotatable bonds is 5. The Morgan fingerprint density at radius 3 is 2.90 bits per heavy atom. The first kappa shape index (κ1) is 16.0. The maximum Gasteiger partial charge on any atom is 0.372 e. The van der Waals surface area contributed by atoms with E-state index in [2.05, 4.69) is 21.1 Å². The largest absolute Gasteiger partial charge is 0.480 e. The Bertz CT molecular complexity index is 658. The van der Waals surface area contributed by atoms with Gasteiger partial charge in [0.05, 0.1) is 15.6 Å². The van der Waals surface area contributed by atoms with Gasteiger partial charge in [-0.3, -0.25) is 0 Å². The van der Waals surface area contributed by atoms with Crippen LogP contribution >= 0.6 is 38.9 Å². The number of ether oxygens (including phenoxy) is 1. The monoisotopic (exact) mass is 387 g/mol. The Kier molecular flexibility index (Phi) is 5.78. The number of benzene rings is 1. The van der Waals surface area contributed by atoms with Crippen molar-refractivity contribution in [2.24, 2.45) is 5.16 Å². The molecule has 0 amide bonds. The summed E-state index contributed by atoms with van der Waals surface area (Å²) in [6.45, 7) is 1.51. The van der Waals surface area contributed by atoms with Gasteiger partial charge < -0.3 is 9.57 Å². The van der Waals surface area contributed by atoms with Gasteiger partial charge >= 0.3 is 5.97 Å². The Morgan fingerprint density at radius 1 is 1.43 bits per heavy atom. The summed E-state index contributed by atoms with van der Waals surface area (Å²) in [6, 6.07) is 8.92. The van der Waals surface area contributed by atoms with E-state index >= 15 is 0 Å². The lowest BCUT2D eigenvalue weighted by atomic mass is 10.3. The van der Waals surface area contributed by atoms with Crippen LogP contribution in [0.5, 0.6) is 5.75 Å². The number of carbonyl (C=O) groups excluding carboxylic acids is 1. The molecule has 1 aromatic heterocycles. The van der Waals surface area contributed by atoms with Crippen LogP contribution in [0.3, 0.4) is 0 Å². The van der Waals surface area contributed by atoms with E-state index in [0.29, 0.717) is 16.5 Å². The van der Waals surface area contributed by atoms with Crippen molar-refractivity contribution in [1.29, 1.82) is 0 Å². The molecule has 110 valence electrons. The molecule has 0 aliphatic heterocycles. The molecule has 2 rings (SSSR count). The van der Waals surface area contributed by atoms with Gasteiger partial charge in [0.2, 0.25) is 0 Å². The normalized spacial score (nSPS) is 11.3. The zero-order chi connectivity index (χ0) is 15.2. The molecule has 0 atom stereocenters. The van der Waals surface area contributed by atoms with Gasteiger partial charge in [0.1, 0.15) is 5.75 Å². The molecule has 0 radical (unpaired) electrons. The summed E-state index contributed by atoms with van der Waals surface area (Å²) in [4.78, 5) is 17.3. The minimum absolute atomic E-state index is 0.261. The smallest absolute Gasteiger partial charge is 0.372 e. The fourth-order valence-electron chi connectivity index (χ4n) is 1.40. The highest BCUT2D eigenvalue weighted by atomic mass is 79.9. The number of thiophene rings is 1. The Morgan fingerprint density at radius 2 is 2.24 bits per heavy atom. The number of halogens is 2. The Balaban J connectivity index is 1.86. The first-order chi connectivity index (χ1) is 10.1. The van der Waals surface area contributed by atoms with Gasteiger partial charge in [-0.05, 0) is 36.6 Å². The lowest BCUT2D eigenvalue weighted by molar-refractivity contribution is -0.146. The Labute approximate surface area is 139 Å². The van der Waals surface area contributed by atoms with E-state index in [0.717, 1.165) is 9.35 Å². The quantitative estimate of drug-likeness (QED) is 0.430. The number of oxime groups is 1. The second kappa shape index (κ2) is 7.59. The summed E-state index contributed by atoms with van der Waals surface area (Å²) in [6.07, 6.45) is 0. The molecule has 0 spiro atoms. The zero-order valence-corrected chi connectivity index (χ0v) is 14.2. The summed E-state index contributed by atoms with van der Waals surface area (Å²) in [5.74, 6) is -0.180. The van der Waals surface area contributed by atoms with Crippen LogP contribution in [0.4, 0.5) is 0 Å². The van der Waals surface area contributed by atoms with E-state index in [-0.39, 0.29) is 6.61 Å². The molecule has 0 unspecified atom stereocenters. The van der Waals surface area contributed by atoms with Crippen molar-refractivity contribution in [3.8, 4) is 5.75 Å². The van der Waals surface area contributed by atoms with E-state index < -0.39 is 5.97 Å². The molecular weight excluding hydrogens is 378 g/mol. The summed E-state index contributed by atoms with van der Waals surface area (Å²) >= 11 is 10.8. The molecule has 0 aliphatic carbocycles. The van der Waals surface area contributed by atoms with Crippen molar-refractivity contribution in [2.45, 2.75) is 6.92 Å². The molecule has 4 nitrogen and oxygen atoms in total. The van der Waals surface area contributed by atoms with E-state index in [4.69, 9.17) is 21.2 Å². The number of hydrogen-bond acceptors (Lipinski definition) is 5. The Hall–Kier alpha value is -1.37. The van der Waals surface area contributed by atoms with Crippen LogP contribution in [0.1, 0.15) is 11.8 Å². The van der Waals surface area contributed by atoms with Crippen molar-refractivity contribution in [2.75, 3.05) is 6.61 Å². The van der Waals surface area contributed by atoms with Crippen LogP contribution in [0, 0.1) is 0 Å². The second-order valence-corrected chi connectivity index (χ2v) is 6.25. The molecule has 0 aliphatic rings. The number of carbonyl (C=O) groups is 1. The highest BCUT2D eigenvalue weighted by Crippen LogP contribution is 2.27. The first-order valence-electron chi connectivity index (χ1n) is 5.92. The summed E-state index contributed by atoms with van der Waals surface area (Å²) < 4.78 is 6.11. The van der Waals surface area contributed by atoms with Crippen molar-refractivity contribution < 1.29 is 14.4 Å². The minimum atomic E-state index is -0.593. The molecule has 0 saturated carbocycles. The third kappa shape index (κ3) is 4.84. The van der Waals surface area contributed by atoms with Gasteiger partial charge in [0.25, 0.3) is 0 Å². The topological polar surface area (TPSA) is 47.9 Å². The average molecular weight is 389 g/mol. The molecule has 1 heterocycles. The van der Waals surface area contributed by atoms with Crippen molar-refractivity contribution in [3.05, 3.63) is 50.1 Å². The predicted octanol–water partition coefficient (Wildman–Crippen LogP) is 4.51. The molecule has 21 heavy (non-hydrogen) atoms. The minimum Gasteiger partial charge on any atom is -0.480 e. The first-order valence-corrected chi connectivity index (χ1v) is 7.97. The third-order valence-electron chi connectivity index (χ3n) is 2.40. The van der Waals surface area contributed by atoms with Crippen LogP contribution in [0.25, 0.3) is 0 Å². The van der Waals surface area contributed by atoms with E-state index in [1.54, 1.807) is 25.1 Å². The van der Waals surface area contributed by atoms with Crippen molar-refractivity contribution in [1.82, 2.24) is 0 Å². The maximum atomic E-state index is 11.6. The predicted molar refractivity (Wildman–Crippen MR) is 87.3 cm³/mol. The van der Waals surface area contributed by atoms with E-state index in [1.807, 2.05) is 17.5 Å². The standard InChI is InChI=1S/C14H11BrClNO3S/c1-9(13-3-2-6-21-13)17-20-14(18)8-19-12-5-4-10(15)7-11(12)16/h2-7H,8H2,1H3/b17-9-. The molecule has 0 fully saturated rings. The molecule has 0 saturated heterocycles.